The molecule has 1 heterocycles. The maximum Gasteiger partial charge on any atom is 0.263 e. The molecule has 0 saturated heterocycles. The first-order valence-corrected chi connectivity index (χ1v) is 7.43. The molecule has 3 N–H and O–H groups in total. The van der Waals surface area contributed by atoms with Crippen molar-refractivity contribution in [2.24, 2.45) is 0 Å². The third-order valence-electron chi connectivity index (χ3n) is 3.13. The first-order valence-electron chi connectivity index (χ1n) is 7.43. The van der Waals surface area contributed by atoms with Gasteiger partial charge in [-0.05, 0) is 17.7 Å². The summed E-state index contributed by atoms with van der Waals surface area (Å²) in [4.78, 5) is 12.0. The second kappa shape index (κ2) is 9.39. The normalized spacial score (nSPS) is 12.6. The van der Waals surface area contributed by atoms with E-state index in [1.165, 1.54) is 6.20 Å². The Morgan fingerprint density at radius 1 is 1.38 bits per heavy atom. The number of nitrogens with zero attached hydrogens (tertiary/aromatic N) is 1. The predicted octanol–water partition coefficient (Wildman–Crippen LogP) is 0.0375. The quantitative estimate of drug-likeness (QED) is 0.332. The van der Waals surface area contributed by atoms with Crippen LogP contribution in [0.15, 0.2) is 30.0 Å². The van der Waals surface area contributed by atoms with Crippen LogP contribution in [0.3, 0.4) is 0 Å². The summed E-state index contributed by atoms with van der Waals surface area (Å²) in [5, 5.41) is 23.1. The zero-order valence-electron chi connectivity index (χ0n) is 13.1. The molecular weight excluding hydrogens is 314 g/mol. The number of aliphatic hydroxyl groups is 1. The van der Waals surface area contributed by atoms with E-state index in [2.05, 4.69) is 10.6 Å². The summed E-state index contributed by atoms with van der Waals surface area (Å²) >= 11 is 0. The van der Waals surface area contributed by atoms with Crippen LogP contribution in [-0.2, 0) is 16.1 Å². The Labute approximate surface area is 139 Å². The number of benzene rings is 1. The van der Waals surface area contributed by atoms with Crippen LogP contribution in [0, 0.1) is 11.3 Å². The van der Waals surface area contributed by atoms with Gasteiger partial charge in [-0.3, -0.25) is 4.79 Å². The lowest BCUT2D eigenvalue weighted by atomic mass is 10.2. The molecule has 0 radical (unpaired) electrons. The van der Waals surface area contributed by atoms with Crippen LogP contribution in [-0.4, -0.2) is 44.2 Å². The molecule has 0 atom stereocenters. The first kappa shape index (κ1) is 17.6. The zero-order chi connectivity index (χ0) is 17.2. The topological polar surface area (TPSA) is 113 Å². The summed E-state index contributed by atoms with van der Waals surface area (Å²) in [5.74, 6) is 0.844. The van der Waals surface area contributed by atoms with Gasteiger partial charge < -0.3 is 30.0 Å². The van der Waals surface area contributed by atoms with Crippen LogP contribution in [0.1, 0.15) is 5.56 Å². The van der Waals surface area contributed by atoms with E-state index in [-0.39, 0.29) is 32.1 Å². The predicted molar refractivity (Wildman–Crippen MR) is 84.0 cm³/mol. The minimum Gasteiger partial charge on any atom is -0.454 e. The Balaban J connectivity index is 1.78. The van der Waals surface area contributed by atoms with Gasteiger partial charge >= 0.3 is 0 Å². The summed E-state index contributed by atoms with van der Waals surface area (Å²) in [6.45, 7) is 1.48. The van der Waals surface area contributed by atoms with Gasteiger partial charge in [0.2, 0.25) is 6.79 Å². The molecule has 0 aliphatic carbocycles. The smallest absolute Gasteiger partial charge is 0.263 e. The number of nitrogens with one attached hydrogen (secondary N) is 2. The molecule has 1 amide bonds. The van der Waals surface area contributed by atoms with Gasteiger partial charge in [0, 0.05) is 19.3 Å². The molecule has 0 spiro atoms. The van der Waals surface area contributed by atoms with Crippen molar-refractivity contribution >= 4 is 5.91 Å². The standard InChI is InChI=1S/C16H19N3O5/c17-8-13(10-18-3-5-22-6-4-20)16(21)19-9-12-1-2-14-15(7-12)24-11-23-14/h1-2,7,10,18,20H,3-6,9,11H2,(H,19,21)/b13-10-. The molecule has 24 heavy (non-hydrogen) atoms. The van der Waals surface area contributed by atoms with Gasteiger partial charge in [-0.2, -0.15) is 5.26 Å². The lowest BCUT2D eigenvalue weighted by Gasteiger charge is -2.06. The molecule has 1 aliphatic rings. The average molecular weight is 333 g/mol. The zero-order valence-corrected chi connectivity index (χ0v) is 13.1. The Hall–Kier alpha value is -2.76. The van der Waals surface area contributed by atoms with Gasteiger partial charge in [-0.25, -0.2) is 0 Å². The van der Waals surface area contributed by atoms with E-state index in [0.717, 1.165) is 5.56 Å². The third-order valence-corrected chi connectivity index (χ3v) is 3.13. The summed E-state index contributed by atoms with van der Waals surface area (Å²) in [6.07, 6.45) is 1.34. The monoisotopic (exact) mass is 333 g/mol. The van der Waals surface area contributed by atoms with Crippen molar-refractivity contribution in [1.82, 2.24) is 10.6 Å². The maximum atomic E-state index is 12.0. The Morgan fingerprint density at radius 2 is 2.21 bits per heavy atom. The SMILES string of the molecule is N#C/C(=C/NCCOCCO)C(=O)NCc1ccc2c(c1)OCO2. The molecule has 1 aromatic rings. The average Bonchev–Trinajstić information content (AvgIpc) is 3.07. The molecule has 1 aliphatic heterocycles. The Morgan fingerprint density at radius 3 is 3.00 bits per heavy atom. The minimum atomic E-state index is -0.473. The largest absolute Gasteiger partial charge is 0.454 e. The number of rotatable bonds is 9. The highest BCUT2D eigenvalue weighted by molar-refractivity contribution is 5.97. The highest BCUT2D eigenvalue weighted by atomic mass is 16.7. The lowest BCUT2D eigenvalue weighted by molar-refractivity contribution is -0.117. The van der Waals surface area contributed by atoms with E-state index in [0.29, 0.717) is 24.7 Å². The lowest BCUT2D eigenvalue weighted by Crippen LogP contribution is -2.25. The molecule has 2 rings (SSSR count). The summed E-state index contributed by atoms with van der Waals surface area (Å²) < 4.78 is 15.5. The fraction of sp³-hybridized carbons (Fsp3) is 0.375. The Kier molecular flexibility index (Phi) is 6.89. The van der Waals surface area contributed by atoms with E-state index in [9.17, 15) is 4.79 Å². The van der Waals surface area contributed by atoms with Gasteiger partial charge in [0.15, 0.2) is 11.5 Å². The van der Waals surface area contributed by atoms with E-state index >= 15 is 0 Å². The van der Waals surface area contributed by atoms with Crippen molar-refractivity contribution in [3.63, 3.8) is 0 Å². The highest BCUT2D eigenvalue weighted by Gasteiger charge is 2.14. The Bertz CT molecular complexity index is 639. The summed E-state index contributed by atoms with van der Waals surface area (Å²) in [5.41, 5.74) is 0.813. The summed E-state index contributed by atoms with van der Waals surface area (Å²) in [7, 11) is 0. The first-order chi connectivity index (χ1) is 11.7. The molecular formula is C16H19N3O5. The number of fused-ring (bicyclic) bond motifs is 1. The molecule has 8 heteroatoms. The second-order valence-electron chi connectivity index (χ2n) is 4.83. The van der Waals surface area contributed by atoms with Crippen LogP contribution in [0.4, 0.5) is 0 Å². The molecule has 0 unspecified atom stereocenters. The van der Waals surface area contributed by atoms with Crippen LogP contribution in [0.2, 0.25) is 0 Å². The second-order valence-corrected chi connectivity index (χ2v) is 4.83. The molecule has 1 aromatic carbocycles. The number of hydrogen-bond donors (Lipinski definition) is 3. The van der Waals surface area contributed by atoms with Crippen molar-refractivity contribution < 1.29 is 24.1 Å². The van der Waals surface area contributed by atoms with Gasteiger partial charge in [0.25, 0.3) is 5.91 Å². The fourth-order valence-corrected chi connectivity index (χ4v) is 1.95. The van der Waals surface area contributed by atoms with Crippen LogP contribution >= 0.6 is 0 Å². The van der Waals surface area contributed by atoms with Crippen molar-refractivity contribution in [3.8, 4) is 17.6 Å². The number of aliphatic hydroxyl groups excluding tert-OH is 1. The molecule has 8 nitrogen and oxygen atoms in total. The maximum absolute atomic E-state index is 12.0. The molecule has 0 aromatic heterocycles. The van der Waals surface area contributed by atoms with Gasteiger partial charge in [0.1, 0.15) is 11.6 Å². The molecule has 0 saturated carbocycles. The van der Waals surface area contributed by atoms with Crippen LogP contribution in [0.5, 0.6) is 11.5 Å². The van der Waals surface area contributed by atoms with Crippen LogP contribution in [0.25, 0.3) is 0 Å². The number of amides is 1. The number of hydrogen-bond acceptors (Lipinski definition) is 7. The highest BCUT2D eigenvalue weighted by Crippen LogP contribution is 2.32. The van der Waals surface area contributed by atoms with Crippen LogP contribution < -0.4 is 20.1 Å². The van der Waals surface area contributed by atoms with E-state index in [1.54, 1.807) is 12.1 Å². The van der Waals surface area contributed by atoms with Crippen molar-refractivity contribution in [3.05, 3.63) is 35.5 Å². The van der Waals surface area contributed by atoms with Crippen molar-refractivity contribution in [1.29, 1.82) is 5.26 Å². The fourth-order valence-electron chi connectivity index (χ4n) is 1.95. The van der Waals surface area contributed by atoms with E-state index < -0.39 is 5.91 Å². The number of carbonyl (C=O) groups is 1. The third kappa shape index (κ3) is 5.15. The van der Waals surface area contributed by atoms with Gasteiger partial charge in [-0.15, -0.1) is 0 Å². The number of nitriles is 1. The van der Waals surface area contributed by atoms with Crippen molar-refractivity contribution in [2.75, 3.05) is 33.2 Å². The van der Waals surface area contributed by atoms with Gasteiger partial charge in [0.05, 0.1) is 19.8 Å². The summed E-state index contributed by atoms with van der Waals surface area (Å²) in [6, 6.07) is 7.23. The number of ether oxygens (including phenoxy) is 3. The van der Waals surface area contributed by atoms with Crippen molar-refractivity contribution in [2.45, 2.75) is 6.54 Å². The van der Waals surface area contributed by atoms with E-state index in [4.69, 9.17) is 24.6 Å². The molecule has 0 fully saturated rings. The van der Waals surface area contributed by atoms with Gasteiger partial charge in [-0.1, -0.05) is 6.07 Å². The molecule has 0 bridgehead atoms. The minimum absolute atomic E-state index is 0.0297. The number of carbonyl (C=O) groups excluding carboxylic acids is 1. The molecule has 128 valence electrons. The van der Waals surface area contributed by atoms with E-state index in [1.807, 2.05) is 12.1 Å².